The summed E-state index contributed by atoms with van der Waals surface area (Å²) >= 11 is 1.46. The standard InChI is InChI=1S/C16H14N2O2S/c1-10-2-4-11(5-3-10)17-16-18-14(9-21-16)13-7-6-12(19)8-15(13)20/h2-9,19-20H,1H3,(H,17,18). The minimum Gasteiger partial charge on any atom is -0.508 e. The van der Waals surface area contributed by atoms with E-state index in [0.29, 0.717) is 11.3 Å². The van der Waals surface area contributed by atoms with Gasteiger partial charge in [-0.1, -0.05) is 17.7 Å². The van der Waals surface area contributed by atoms with Gasteiger partial charge in [0, 0.05) is 22.7 Å². The van der Waals surface area contributed by atoms with Gasteiger partial charge >= 0.3 is 0 Å². The molecule has 0 aliphatic heterocycles. The van der Waals surface area contributed by atoms with Crippen LogP contribution in [0.25, 0.3) is 11.3 Å². The highest BCUT2D eigenvalue weighted by Crippen LogP contribution is 2.34. The maximum atomic E-state index is 9.86. The van der Waals surface area contributed by atoms with E-state index in [4.69, 9.17) is 0 Å². The number of aryl methyl sites for hydroxylation is 1. The summed E-state index contributed by atoms with van der Waals surface area (Å²) < 4.78 is 0. The molecule has 0 bridgehead atoms. The van der Waals surface area contributed by atoms with Gasteiger partial charge in [0.1, 0.15) is 11.5 Å². The molecule has 0 aliphatic carbocycles. The number of rotatable bonds is 3. The van der Waals surface area contributed by atoms with Crippen molar-refractivity contribution >= 4 is 22.2 Å². The molecule has 0 saturated heterocycles. The summed E-state index contributed by atoms with van der Waals surface area (Å²) in [5.74, 6) is 0.0478. The number of anilines is 2. The highest BCUT2D eigenvalue weighted by molar-refractivity contribution is 7.14. The number of benzene rings is 2. The molecule has 0 unspecified atom stereocenters. The topological polar surface area (TPSA) is 65.4 Å². The molecule has 3 aromatic rings. The first-order valence-corrected chi connectivity index (χ1v) is 7.31. The van der Waals surface area contributed by atoms with Crippen molar-refractivity contribution in [3.8, 4) is 22.8 Å². The van der Waals surface area contributed by atoms with E-state index in [9.17, 15) is 10.2 Å². The SMILES string of the molecule is Cc1ccc(Nc2nc(-c3ccc(O)cc3O)cs2)cc1. The molecule has 3 N–H and O–H groups in total. The Balaban J connectivity index is 1.84. The number of aromatic nitrogens is 1. The number of hydrogen-bond acceptors (Lipinski definition) is 5. The van der Waals surface area contributed by atoms with Crippen LogP contribution in [0.4, 0.5) is 10.8 Å². The summed E-state index contributed by atoms with van der Waals surface area (Å²) in [5.41, 5.74) is 3.44. The molecule has 3 rings (SSSR count). The quantitative estimate of drug-likeness (QED) is 0.675. The fourth-order valence-electron chi connectivity index (χ4n) is 1.95. The van der Waals surface area contributed by atoms with E-state index in [1.165, 1.54) is 29.0 Å². The van der Waals surface area contributed by atoms with Gasteiger partial charge in [0.25, 0.3) is 0 Å². The van der Waals surface area contributed by atoms with Crippen LogP contribution in [0.15, 0.2) is 47.8 Å². The average molecular weight is 298 g/mol. The molecule has 4 nitrogen and oxygen atoms in total. The van der Waals surface area contributed by atoms with Crippen molar-refractivity contribution in [3.63, 3.8) is 0 Å². The third-order valence-corrected chi connectivity index (χ3v) is 3.82. The number of phenolic OH excluding ortho intramolecular Hbond substituents is 2. The van der Waals surface area contributed by atoms with Gasteiger partial charge in [-0.2, -0.15) is 0 Å². The van der Waals surface area contributed by atoms with E-state index in [1.807, 2.05) is 36.6 Å². The maximum absolute atomic E-state index is 9.86. The third-order valence-electron chi connectivity index (χ3n) is 3.06. The van der Waals surface area contributed by atoms with Gasteiger partial charge < -0.3 is 15.5 Å². The Morgan fingerprint density at radius 1 is 1.05 bits per heavy atom. The fraction of sp³-hybridized carbons (Fsp3) is 0.0625. The van der Waals surface area contributed by atoms with Crippen LogP contribution in [-0.4, -0.2) is 15.2 Å². The Bertz CT molecular complexity index is 766. The second kappa shape index (κ2) is 5.46. The zero-order valence-corrected chi connectivity index (χ0v) is 12.2. The van der Waals surface area contributed by atoms with Crippen LogP contribution in [-0.2, 0) is 0 Å². The minimum atomic E-state index is 0.0159. The van der Waals surface area contributed by atoms with E-state index in [0.717, 1.165) is 10.8 Å². The second-order valence-corrected chi connectivity index (χ2v) is 5.59. The summed E-state index contributed by atoms with van der Waals surface area (Å²) in [7, 11) is 0. The van der Waals surface area contributed by atoms with Crippen LogP contribution >= 0.6 is 11.3 Å². The first kappa shape index (κ1) is 13.5. The lowest BCUT2D eigenvalue weighted by Crippen LogP contribution is -1.89. The molecule has 0 atom stereocenters. The molecule has 21 heavy (non-hydrogen) atoms. The zero-order chi connectivity index (χ0) is 14.8. The zero-order valence-electron chi connectivity index (χ0n) is 11.4. The molecular formula is C16H14N2O2S. The van der Waals surface area contributed by atoms with Gasteiger partial charge in [-0.15, -0.1) is 11.3 Å². The molecule has 5 heteroatoms. The molecule has 0 amide bonds. The Hall–Kier alpha value is -2.53. The number of nitrogens with one attached hydrogen (secondary N) is 1. The van der Waals surface area contributed by atoms with Crippen molar-refractivity contribution in [2.75, 3.05) is 5.32 Å². The minimum absolute atomic E-state index is 0.0159. The number of nitrogens with zero attached hydrogens (tertiary/aromatic N) is 1. The van der Waals surface area contributed by atoms with Gasteiger partial charge in [0.2, 0.25) is 0 Å². The van der Waals surface area contributed by atoms with E-state index in [2.05, 4.69) is 10.3 Å². The first-order valence-electron chi connectivity index (χ1n) is 6.43. The lowest BCUT2D eigenvalue weighted by atomic mass is 10.1. The Morgan fingerprint density at radius 2 is 1.81 bits per heavy atom. The summed E-state index contributed by atoms with van der Waals surface area (Å²) in [6.07, 6.45) is 0. The van der Waals surface area contributed by atoms with Crippen molar-refractivity contribution in [1.82, 2.24) is 4.98 Å². The fourth-order valence-corrected chi connectivity index (χ4v) is 2.68. The normalized spacial score (nSPS) is 10.5. The van der Waals surface area contributed by atoms with Crippen molar-refractivity contribution in [1.29, 1.82) is 0 Å². The van der Waals surface area contributed by atoms with Crippen LogP contribution in [0.2, 0.25) is 0 Å². The Morgan fingerprint density at radius 3 is 2.52 bits per heavy atom. The van der Waals surface area contributed by atoms with Crippen LogP contribution in [0.3, 0.4) is 0 Å². The van der Waals surface area contributed by atoms with E-state index in [-0.39, 0.29) is 11.5 Å². The predicted octanol–water partition coefficient (Wildman–Crippen LogP) is 4.27. The molecule has 0 spiro atoms. The smallest absolute Gasteiger partial charge is 0.187 e. The highest BCUT2D eigenvalue weighted by atomic mass is 32.1. The van der Waals surface area contributed by atoms with Crippen LogP contribution in [0, 0.1) is 6.92 Å². The van der Waals surface area contributed by atoms with Crippen molar-refractivity contribution < 1.29 is 10.2 Å². The van der Waals surface area contributed by atoms with E-state index >= 15 is 0 Å². The van der Waals surface area contributed by atoms with Crippen LogP contribution < -0.4 is 5.32 Å². The summed E-state index contributed by atoms with van der Waals surface area (Å²) in [5, 5.41) is 25.0. The van der Waals surface area contributed by atoms with Crippen molar-refractivity contribution in [2.24, 2.45) is 0 Å². The number of phenols is 2. The Labute approximate surface area is 126 Å². The second-order valence-electron chi connectivity index (χ2n) is 4.73. The molecule has 0 fully saturated rings. The lowest BCUT2D eigenvalue weighted by molar-refractivity contribution is 0.452. The van der Waals surface area contributed by atoms with Gasteiger partial charge in [0.05, 0.1) is 5.69 Å². The average Bonchev–Trinajstić information content (AvgIpc) is 2.90. The van der Waals surface area contributed by atoms with Gasteiger partial charge in [-0.3, -0.25) is 0 Å². The molecule has 1 heterocycles. The summed E-state index contributed by atoms with van der Waals surface area (Å²) in [4.78, 5) is 4.45. The lowest BCUT2D eigenvalue weighted by Gasteiger charge is -2.03. The van der Waals surface area contributed by atoms with Crippen LogP contribution in [0.5, 0.6) is 11.5 Å². The molecule has 2 aromatic carbocycles. The molecule has 0 radical (unpaired) electrons. The van der Waals surface area contributed by atoms with Crippen molar-refractivity contribution in [3.05, 3.63) is 53.4 Å². The molecule has 0 saturated carbocycles. The molecule has 106 valence electrons. The number of aromatic hydroxyl groups is 2. The molecule has 0 aliphatic rings. The third kappa shape index (κ3) is 2.98. The number of thiazole rings is 1. The van der Waals surface area contributed by atoms with Gasteiger partial charge in [-0.25, -0.2) is 4.98 Å². The monoisotopic (exact) mass is 298 g/mol. The van der Waals surface area contributed by atoms with E-state index in [1.54, 1.807) is 6.07 Å². The Kier molecular flexibility index (Phi) is 3.50. The van der Waals surface area contributed by atoms with Crippen LogP contribution in [0.1, 0.15) is 5.56 Å². The largest absolute Gasteiger partial charge is 0.508 e. The first-order chi connectivity index (χ1) is 10.1. The van der Waals surface area contributed by atoms with Gasteiger partial charge in [0.15, 0.2) is 5.13 Å². The molecular weight excluding hydrogens is 284 g/mol. The van der Waals surface area contributed by atoms with E-state index < -0.39 is 0 Å². The van der Waals surface area contributed by atoms with Gasteiger partial charge in [-0.05, 0) is 31.2 Å². The summed E-state index contributed by atoms with van der Waals surface area (Å²) in [6.45, 7) is 2.04. The summed E-state index contributed by atoms with van der Waals surface area (Å²) in [6, 6.07) is 12.5. The van der Waals surface area contributed by atoms with Crippen molar-refractivity contribution in [2.45, 2.75) is 6.92 Å². The number of hydrogen-bond donors (Lipinski definition) is 3. The maximum Gasteiger partial charge on any atom is 0.187 e. The highest BCUT2D eigenvalue weighted by Gasteiger charge is 2.09. The predicted molar refractivity (Wildman–Crippen MR) is 85.3 cm³/mol. The molecule has 1 aromatic heterocycles.